The number of hydrogen-bond donors (Lipinski definition) is 0. The molecule has 0 spiro atoms. The minimum atomic E-state index is 0.695. The molecular weight excluding hydrogens is 306 g/mol. The summed E-state index contributed by atoms with van der Waals surface area (Å²) in [7, 11) is 0. The minimum Gasteiger partial charge on any atom is -0.494 e. The van der Waals surface area contributed by atoms with Gasteiger partial charge < -0.3 is 4.74 Å². The first-order valence-electron chi connectivity index (χ1n) is 4.80. The Morgan fingerprint density at radius 2 is 2.38 bits per heavy atom. The van der Waals surface area contributed by atoms with Crippen LogP contribution in [0, 0.1) is 0 Å². The summed E-state index contributed by atoms with van der Waals surface area (Å²) in [5, 5.41) is 0. The van der Waals surface area contributed by atoms with Crippen LogP contribution in [0.5, 0.6) is 5.75 Å². The molecule has 2 rings (SSSR count). The van der Waals surface area contributed by atoms with E-state index in [-0.39, 0.29) is 0 Å². The number of nitrogens with zero attached hydrogens (tertiary/aromatic N) is 1. The molecule has 1 aromatic carbocycles. The Morgan fingerprint density at radius 1 is 1.50 bits per heavy atom. The SMILES string of the molecule is CCOc1cccc(Sc2cnc(Br)s2)c1. The van der Waals surface area contributed by atoms with Crippen molar-refractivity contribution >= 4 is 39.0 Å². The van der Waals surface area contributed by atoms with Crippen molar-refractivity contribution in [3.8, 4) is 5.75 Å². The lowest BCUT2D eigenvalue weighted by molar-refractivity contribution is 0.339. The summed E-state index contributed by atoms with van der Waals surface area (Å²) in [4.78, 5) is 5.32. The lowest BCUT2D eigenvalue weighted by atomic mass is 10.3. The van der Waals surface area contributed by atoms with Crippen LogP contribution in [0.2, 0.25) is 0 Å². The molecule has 0 aliphatic heterocycles. The van der Waals surface area contributed by atoms with E-state index in [9.17, 15) is 0 Å². The lowest BCUT2D eigenvalue weighted by Gasteiger charge is -2.04. The quantitative estimate of drug-likeness (QED) is 0.831. The summed E-state index contributed by atoms with van der Waals surface area (Å²) in [6.07, 6.45) is 1.87. The van der Waals surface area contributed by atoms with Gasteiger partial charge in [-0.3, -0.25) is 0 Å². The molecule has 0 radical (unpaired) electrons. The molecule has 84 valence electrons. The first kappa shape index (κ1) is 12.0. The van der Waals surface area contributed by atoms with E-state index < -0.39 is 0 Å². The van der Waals surface area contributed by atoms with Gasteiger partial charge in [-0.25, -0.2) is 4.98 Å². The van der Waals surface area contributed by atoms with E-state index in [0.29, 0.717) is 6.61 Å². The van der Waals surface area contributed by atoms with Crippen molar-refractivity contribution < 1.29 is 4.74 Å². The Morgan fingerprint density at radius 3 is 3.06 bits per heavy atom. The van der Waals surface area contributed by atoms with Crippen LogP contribution in [0.25, 0.3) is 0 Å². The van der Waals surface area contributed by atoms with Crippen molar-refractivity contribution in [2.75, 3.05) is 6.61 Å². The van der Waals surface area contributed by atoms with Gasteiger partial charge >= 0.3 is 0 Å². The average Bonchev–Trinajstić information content (AvgIpc) is 2.65. The predicted octanol–water partition coefficient (Wildman–Crippen LogP) is 4.46. The number of rotatable bonds is 4. The highest BCUT2D eigenvalue weighted by molar-refractivity contribution is 9.11. The van der Waals surface area contributed by atoms with Crippen LogP contribution in [0.15, 0.2) is 43.5 Å². The maximum Gasteiger partial charge on any atom is 0.160 e. The number of hydrogen-bond acceptors (Lipinski definition) is 4. The Labute approximate surface area is 111 Å². The van der Waals surface area contributed by atoms with E-state index in [4.69, 9.17) is 4.74 Å². The summed E-state index contributed by atoms with van der Waals surface area (Å²) in [6.45, 7) is 2.68. The number of halogens is 1. The molecule has 0 aliphatic rings. The standard InChI is InChI=1S/C11H10BrNOS2/c1-2-14-8-4-3-5-9(6-8)15-10-7-13-11(12)16-10/h3-7H,2H2,1H3. The molecule has 0 amide bonds. The monoisotopic (exact) mass is 315 g/mol. The predicted molar refractivity (Wildman–Crippen MR) is 71.5 cm³/mol. The van der Waals surface area contributed by atoms with E-state index in [2.05, 4.69) is 27.0 Å². The molecular formula is C11H10BrNOS2. The normalized spacial score (nSPS) is 10.4. The first-order chi connectivity index (χ1) is 7.78. The summed E-state index contributed by atoms with van der Waals surface area (Å²) < 4.78 is 7.53. The second kappa shape index (κ2) is 5.70. The third-order valence-corrected chi connectivity index (χ3v) is 4.36. The van der Waals surface area contributed by atoms with E-state index in [1.54, 1.807) is 23.1 Å². The maximum absolute atomic E-state index is 5.45. The zero-order valence-electron chi connectivity index (χ0n) is 8.64. The molecule has 0 saturated heterocycles. The van der Waals surface area contributed by atoms with Crippen LogP contribution in [-0.4, -0.2) is 11.6 Å². The van der Waals surface area contributed by atoms with Gasteiger partial charge in [0.2, 0.25) is 0 Å². The zero-order chi connectivity index (χ0) is 11.4. The lowest BCUT2D eigenvalue weighted by Crippen LogP contribution is -1.90. The maximum atomic E-state index is 5.45. The first-order valence-corrected chi connectivity index (χ1v) is 7.22. The molecule has 0 atom stereocenters. The van der Waals surface area contributed by atoms with Gasteiger partial charge in [0.05, 0.1) is 17.0 Å². The molecule has 0 unspecified atom stereocenters. The molecule has 0 aliphatic carbocycles. The molecule has 0 saturated carbocycles. The third kappa shape index (κ3) is 3.23. The van der Waals surface area contributed by atoms with Gasteiger partial charge in [0.15, 0.2) is 3.92 Å². The smallest absolute Gasteiger partial charge is 0.160 e. The fourth-order valence-electron chi connectivity index (χ4n) is 1.20. The third-order valence-electron chi connectivity index (χ3n) is 1.79. The topological polar surface area (TPSA) is 22.1 Å². The van der Waals surface area contributed by atoms with Crippen molar-refractivity contribution in [2.45, 2.75) is 16.0 Å². The highest BCUT2D eigenvalue weighted by atomic mass is 79.9. The van der Waals surface area contributed by atoms with Crippen LogP contribution >= 0.6 is 39.0 Å². The van der Waals surface area contributed by atoms with Gasteiger partial charge in [-0.05, 0) is 41.1 Å². The largest absolute Gasteiger partial charge is 0.494 e. The van der Waals surface area contributed by atoms with Crippen LogP contribution in [0.3, 0.4) is 0 Å². The van der Waals surface area contributed by atoms with Crippen LogP contribution in [0.1, 0.15) is 6.92 Å². The number of benzene rings is 1. The highest BCUT2D eigenvalue weighted by Gasteiger charge is 2.03. The summed E-state index contributed by atoms with van der Waals surface area (Å²) in [5.41, 5.74) is 0. The fourth-order valence-corrected chi connectivity index (χ4v) is 3.87. The van der Waals surface area contributed by atoms with Crippen LogP contribution in [0.4, 0.5) is 0 Å². The molecule has 16 heavy (non-hydrogen) atoms. The summed E-state index contributed by atoms with van der Waals surface area (Å²) in [6, 6.07) is 8.09. The zero-order valence-corrected chi connectivity index (χ0v) is 11.9. The Bertz CT molecular complexity index is 473. The molecule has 0 bridgehead atoms. The second-order valence-corrected chi connectivity index (χ2v) is 6.62. The van der Waals surface area contributed by atoms with Gasteiger partial charge in [-0.2, -0.15) is 0 Å². The molecule has 5 heteroatoms. The van der Waals surface area contributed by atoms with Crippen LogP contribution < -0.4 is 4.74 Å². The average molecular weight is 316 g/mol. The summed E-state index contributed by atoms with van der Waals surface area (Å²) in [5.74, 6) is 0.913. The van der Waals surface area contributed by atoms with Gasteiger partial charge in [0.1, 0.15) is 5.75 Å². The number of aromatic nitrogens is 1. The second-order valence-electron chi connectivity index (χ2n) is 2.94. The number of thiazole rings is 1. The Hall–Kier alpha value is -0.520. The molecule has 0 fully saturated rings. The minimum absolute atomic E-state index is 0.695. The molecule has 2 aromatic rings. The summed E-state index contributed by atoms with van der Waals surface area (Å²) >= 11 is 6.68. The van der Waals surface area contributed by atoms with Crippen LogP contribution in [-0.2, 0) is 0 Å². The van der Waals surface area contributed by atoms with Crippen molar-refractivity contribution in [3.05, 3.63) is 34.4 Å². The van der Waals surface area contributed by atoms with Gasteiger partial charge in [-0.1, -0.05) is 17.8 Å². The van der Waals surface area contributed by atoms with E-state index >= 15 is 0 Å². The van der Waals surface area contributed by atoms with E-state index in [1.807, 2.05) is 31.3 Å². The van der Waals surface area contributed by atoms with Crippen molar-refractivity contribution in [1.82, 2.24) is 4.98 Å². The van der Waals surface area contributed by atoms with Gasteiger partial charge in [0.25, 0.3) is 0 Å². The molecule has 0 N–H and O–H groups in total. The highest BCUT2D eigenvalue weighted by Crippen LogP contribution is 2.34. The van der Waals surface area contributed by atoms with Gasteiger partial charge in [-0.15, -0.1) is 11.3 Å². The van der Waals surface area contributed by atoms with E-state index in [1.165, 1.54) is 9.10 Å². The fraction of sp³-hybridized carbons (Fsp3) is 0.182. The Kier molecular flexibility index (Phi) is 4.26. The van der Waals surface area contributed by atoms with E-state index in [0.717, 1.165) is 9.67 Å². The molecule has 2 nitrogen and oxygen atoms in total. The molecule has 1 aromatic heterocycles. The van der Waals surface area contributed by atoms with Gasteiger partial charge in [0, 0.05) is 4.90 Å². The molecule has 1 heterocycles. The number of ether oxygens (including phenoxy) is 1. The van der Waals surface area contributed by atoms with Crippen molar-refractivity contribution in [2.24, 2.45) is 0 Å². The van der Waals surface area contributed by atoms with Crippen molar-refractivity contribution in [3.63, 3.8) is 0 Å². The van der Waals surface area contributed by atoms with Crippen molar-refractivity contribution in [1.29, 1.82) is 0 Å². The Balaban J connectivity index is 2.12.